The van der Waals surface area contributed by atoms with E-state index in [1.165, 1.54) is 0 Å². The van der Waals surface area contributed by atoms with Gasteiger partial charge in [-0.15, -0.1) is 0 Å². The second kappa shape index (κ2) is 14.8. The summed E-state index contributed by atoms with van der Waals surface area (Å²) in [5, 5.41) is 3.05. The zero-order valence-electron chi connectivity index (χ0n) is 24.6. The number of nitrogens with one attached hydrogen (secondary N) is 1. The average Bonchev–Trinajstić information content (AvgIpc) is 2.73. The minimum Gasteiger partial charge on any atom is -0.460 e. The molecule has 0 aliphatic rings. The third kappa shape index (κ3) is 10.5. The Labute approximate surface area is 214 Å². The quantitative estimate of drug-likeness (QED) is 0.367. The molecule has 0 saturated heterocycles. The molecule has 0 aliphatic carbocycles. The van der Waals surface area contributed by atoms with Crippen LogP contribution in [0.1, 0.15) is 81.6 Å². The average molecular weight is 500 g/mol. The first-order chi connectivity index (χ1) is 16.0. The van der Waals surface area contributed by atoms with E-state index in [-0.39, 0.29) is 54.0 Å². The molecule has 0 bridgehead atoms. The Morgan fingerprint density at radius 1 is 0.914 bits per heavy atom. The van der Waals surface area contributed by atoms with Crippen molar-refractivity contribution in [2.45, 2.75) is 111 Å². The molecule has 0 aromatic rings. The van der Waals surface area contributed by atoms with E-state index in [2.05, 4.69) is 12.2 Å². The summed E-state index contributed by atoms with van der Waals surface area (Å²) in [5.74, 6) is -0.603. The number of likely N-dealkylation sites (N-methyl/N-ethyl adjacent to an activating group) is 2. The normalized spacial score (nSPS) is 17.3. The van der Waals surface area contributed by atoms with Gasteiger partial charge in [0.05, 0.1) is 24.6 Å². The highest BCUT2D eigenvalue weighted by atomic mass is 16.6. The number of amides is 2. The zero-order valence-corrected chi connectivity index (χ0v) is 24.6. The maximum atomic E-state index is 13.9. The van der Waals surface area contributed by atoms with Gasteiger partial charge in [0.25, 0.3) is 0 Å². The minimum atomic E-state index is -0.677. The monoisotopic (exact) mass is 499 g/mol. The Balaban J connectivity index is 6.03. The van der Waals surface area contributed by atoms with Crippen LogP contribution < -0.4 is 5.32 Å². The van der Waals surface area contributed by atoms with Crippen molar-refractivity contribution >= 4 is 17.8 Å². The summed E-state index contributed by atoms with van der Waals surface area (Å²) in [7, 11) is 7.04. The molecular weight excluding hydrogens is 446 g/mol. The fraction of sp³-hybridized carbons (Fsp3) is 0.889. The van der Waals surface area contributed by atoms with Crippen LogP contribution in [0.25, 0.3) is 0 Å². The second-order valence-electron chi connectivity index (χ2n) is 11.4. The minimum absolute atomic E-state index is 0.0385. The predicted octanol–water partition coefficient (Wildman–Crippen LogP) is 3.72. The molecule has 0 spiro atoms. The number of hydrogen-bond donors (Lipinski definition) is 1. The van der Waals surface area contributed by atoms with E-state index in [0.29, 0.717) is 0 Å². The summed E-state index contributed by atoms with van der Waals surface area (Å²) in [4.78, 5) is 43.2. The molecule has 0 fully saturated rings. The molecule has 0 aromatic carbocycles. The van der Waals surface area contributed by atoms with E-state index in [1.807, 2.05) is 74.4 Å². The van der Waals surface area contributed by atoms with Gasteiger partial charge in [0.1, 0.15) is 11.6 Å². The number of carbonyl (C=O) groups excluding carboxylic acids is 3. The van der Waals surface area contributed by atoms with Crippen LogP contribution in [0, 0.1) is 17.8 Å². The number of ether oxygens (including phenoxy) is 2. The van der Waals surface area contributed by atoms with Crippen molar-refractivity contribution in [2.75, 3.05) is 28.3 Å². The maximum Gasteiger partial charge on any atom is 0.309 e. The molecule has 6 atom stereocenters. The van der Waals surface area contributed by atoms with Gasteiger partial charge in [0, 0.05) is 14.2 Å². The zero-order chi connectivity index (χ0) is 27.7. The van der Waals surface area contributed by atoms with Crippen LogP contribution in [0.3, 0.4) is 0 Å². The molecule has 0 saturated carbocycles. The van der Waals surface area contributed by atoms with E-state index in [1.54, 1.807) is 19.1 Å². The van der Waals surface area contributed by atoms with E-state index in [0.717, 1.165) is 12.8 Å². The summed E-state index contributed by atoms with van der Waals surface area (Å²) in [5.41, 5.74) is -0.603. The highest BCUT2D eigenvalue weighted by molar-refractivity contribution is 5.90. The van der Waals surface area contributed by atoms with Crippen LogP contribution in [0.4, 0.5) is 0 Å². The predicted molar refractivity (Wildman–Crippen MR) is 141 cm³/mol. The number of methoxy groups -OCH3 is 1. The van der Waals surface area contributed by atoms with E-state index < -0.39 is 17.7 Å². The SMILES string of the molecule is CC[C@H](C)[C@@H]([C@@H](CC(=O)OC(C)(C)C)OC)N(C)C(=O)[C@@H](NC(=O)[C@H](C(C)C)N(C)C)[C@@H](C)CC. The van der Waals surface area contributed by atoms with Gasteiger partial charge in [0.2, 0.25) is 11.8 Å². The highest BCUT2D eigenvalue weighted by Crippen LogP contribution is 2.25. The lowest BCUT2D eigenvalue weighted by molar-refractivity contribution is -0.161. The summed E-state index contributed by atoms with van der Waals surface area (Å²) in [6.45, 7) is 17.6. The van der Waals surface area contributed by atoms with Crippen molar-refractivity contribution in [3.63, 3.8) is 0 Å². The Morgan fingerprint density at radius 2 is 1.43 bits per heavy atom. The summed E-state index contributed by atoms with van der Waals surface area (Å²) in [6.07, 6.45) is 1.04. The molecule has 0 heterocycles. The van der Waals surface area contributed by atoms with Crippen LogP contribution in [-0.2, 0) is 23.9 Å². The number of rotatable bonds is 14. The molecule has 0 aliphatic heterocycles. The van der Waals surface area contributed by atoms with Gasteiger partial charge in [-0.3, -0.25) is 19.3 Å². The molecule has 206 valence electrons. The maximum absolute atomic E-state index is 13.9. The van der Waals surface area contributed by atoms with Crippen molar-refractivity contribution in [2.24, 2.45) is 17.8 Å². The highest BCUT2D eigenvalue weighted by Gasteiger charge is 2.39. The third-order valence-electron chi connectivity index (χ3n) is 6.73. The van der Waals surface area contributed by atoms with Crippen LogP contribution in [-0.4, -0.2) is 85.7 Å². The Bertz CT molecular complexity index is 666. The van der Waals surface area contributed by atoms with Gasteiger partial charge >= 0.3 is 5.97 Å². The Kier molecular flexibility index (Phi) is 14.1. The molecular formula is C27H53N3O5. The molecule has 35 heavy (non-hydrogen) atoms. The largest absolute Gasteiger partial charge is 0.460 e. The van der Waals surface area contributed by atoms with Crippen LogP contribution in [0.2, 0.25) is 0 Å². The Hall–Kier alpha value is -1.67. The fourth-order valence-corrected chi connectivity index (χ4v) is 4.55. The molecule has 0 rings (SSSR count). The number of carbonyl (C=O) groups is 3. The molecule has 8 heteroatoms. The Morgan fingerprint density at radius 3 is 1.80 bits per heavy atom. The molecule has 1 N–H and O–H groups in total. The van der Waals surface area contributed by atoms with Crippen molar-refractivity contribution in [3.05, 3.63) is 0 Å². The van der Waals surface area contributed by atoms with E-state index in [9.17, 15) is 14.4 Å². The molecule has 0 aromatic heterocycles. The standard InChI is InChI=1S/C27H53N3O5/c1-14-18(5)22(28-25(32)23(17(3)4)29(10)11)26(33)30(12)24(19(6)15-2)20(34-13)16-21(31)35-27(7,8)9/h17-20,22-24H,14-16H2,1-13H3,(H,28,32)/t18-,19-,20+,22-,23-,24-/m0/s1. The van der Waals surface area contributed by atoms with Crippen molar-refractivity contribution in [1.29, 1.82) is 0 Å². The summed E-state index contributed by atoms with van der Waals surface area (Å²) >= 11 is 0. The van der Waals surface area contributed by atoms with Gasteiger partial charge in [0.15, 0.2) is 0 Å². The number of hydrogen-bond acceptors (Lipinski definition) is 6. The topological polar surface area (TPSA) is 88.2 Å². The second-order valence-corrected chi connectivity index (χ2v) is 11.4. The summed E-state index contributed by atoms with van der Waals surface area (Å²) < 4.78 is 11.3. The number of nitrogens with zero attached hydrogens (tertiary/aromatic N) is 2. The molecule has 2 amide bonds. The lowest BCUT2D eigenvalue weighted by Gasteiger charge is -2.40. The first kappa shape index (κ1) is 33.3. The van der Waals surface area contributed by atoms with Gasteiger partial charge in [-0.1, -0.05) is 54.4 Å². The van der Waals surface area contributed by atoms with Gasteiger partial charge in [-0.05, 0) is 52.6 Å². The smallest absolute Gasteiger partial charge is 0.309 e. The molecule has 0 radical (unpaired) electrons. The van der Waals surface area contributed by atoms with Crippen LogP contribution in [0.5, 0.6) is 0 Å². The first-order valence-corrected chi connectivity index (χ1v) is 13.0. The van der Waals surface area contributed by atoms with Gasteiger partial charge < -0.3 is 19.7 Å². The van der Waals surface area contributed by atoms with Crippen molar-refractivity contribution in [1.82, 2.24) is 15.1 Å². The van der Waals surface area contributed by atoms with Crippen LogP contribution in [0.15, 0.2) is 0 Å². The number of esters is 1. The lowest BCUT2D eigenvalue weighted by Crippen LogP contribution is -2.59. The van der Waals surface area contributed by atoms with Crippen LogP contribution >= 0.6 is 0 Å². The molecule has 0 unspecified atom stereocenters. The fourth-order valence-electron chi connectivity index (χ4n) is 4.55. The van der Waals surface area contributed by atoms with Gasteiger partial charge in [-0.2, -0.15) is 0 Å². The van der Waals surface area contributed by atoms with E-state index >= 15 is 0 Å². The van der Waals surface area contributed by atoms with Gasteiger partial charge in [-0.25, -0.2) is 0 Å². The van der Waals surface area contributed by atoms with E-state index in [4.69, 9.17) is 9.47 Å². The third-order valence-corrected chi connectivity index (χ3v) is 6.73. The van der Waals surface area contributed by atoms with Crippen molar-refractivity contribution < 1.29 is 23.9 Å². The first-order valence-electron chi connectivity index (χ1n) is 13.0. The lowest BCUT2D eigenvalue weighted by atomic mass is 9.89. The molecule has 8 nitrogen and oxygen atoms in total. The summed E-state index contributed by atoms with van der Waals surface area (Å²) in [6, 6.07) is -1.38. The van der Waals surface area contributed by atoms with Crippen molar-refractivity contribution in [3.8, 4) is 0 Å².